The van der Waals surface area contributed by atoms with Crippen molar-refractivity contribution in [2.75, 3.05) is 6.54 Å². The van der Waals surface area contributed by atoms with Crippen LogP contribution in [0, 0.1) is 17.2 Å². The van der Waals surface area contributed by atoms with Crippen LogP contribution in [-0.2, 0) is 0 Å². The Hall–Kier alpha value is -0.410. The van der Waals surface area contributed by atoms with Crippen molar-refractivity contribution in [3.05, 3.63) is 34.1 Å². The second-order valence-corrected chi connectivity index (χ2v) is 6.73. The predicted molar refractivity (Wildman–Crippen MR) is 77.0 cm³/mol. The highest BCUT2D eigenvalue weighted by Crippen LogP contribution is 2.58. The maximum absolute atomic E-state index is 14.2. The van der Waals surface area contributed by atoms with Gasteiger partial charge in [-0.25, -0.2) is 4.39 Å². The molecule has 1 nitrogen and oxygen atoms in total. The van der Waals surface area contributed by atoms with Crippen molar-refractivity contribution in [3.8, 4) is 0 Å². The fraction of sp³-hybridized carbons (Fsp3) is 0.600. The molecule has 1 aromatic carbocycles. The van der Waals surface area contributed by atoms with Crippen molar-refractivity contribution in [3.63, 3.8) is 0 Å². The van der Waals surface area contributed by atoms with E-state index in [4.69, 9.17) is 0 Å². The van der Waals surface area contributed by atoms with Gasteiger partial charge < -0.3 is 5.32 Å². The minimum atomic E-state index is -0.117. The zero-order valence-corrected chi connectivity index (χ0v) is 12.8. The Morgan fingerprint density at radius 3 is 2.72 bits per heavy atom. The molecule has 0 radical (unpaired) electrons. The summed E-state index contributed by atoms with van der Waals surface area (Å²) in [6.45, 7) is 7.59. The van der Waals surface area contributed by atoms with Crippen LogP contribution in [0.4, 0.5) is 4.39 Å². The first kappa shape index (κ1) is 14.0. The molecule has 100 valence electrons. The Morgan fingerprint density at radius 2 is 2.17 bits per heavy atom. The van der Waals surface area contributed by atoms with E-state index in [1.165, 1.54) is 6.42 Å². The van der Waals surface area contributed by atoms with Gasteiger partial charge in [0, 0.05) is 11.6 Å². The van der Waals surface area contributed by atoms with Crippen molar-refractivity contribution >= 4 is 15.9 Å². The average molecular weight is 314 g/mol. The molecule has 18 heavy (non-hydrogen) atoms. The number of rotatable bonds is 5. The monoisotopic (exact) mass is 313 g/mol. The van der Waals surface area contributed by atoms with Gasteiger partial charge in [0.15, 0.2) is 0 Å². The quantitative estimate of drug-likeness (QED) is 0.832. The van der Waals surface area contributed by atoms with Gasteiger partial charge in [-0.1, -0.05) is 32.9 Å². The van der Waals surface area contributed by atoms with Crippen LogP contribution in [0.15, 0.2) is 22.7 Å². The molecule has 2 unspecified atom stereocenters. The Morgan fingerprint density at radius 1 is 1.50 bits per heavy atom. The van der Waals surface area contributed by atoms with Gasteiger partial charge in [-0.2, -0.15) is 0 Å². The van der Waals surface area contributed by atoms with Gasteiger partial charge in [0.05, 0.1) is 4.47 Å². The highest BCUT2D eigenvalue weighted by Gasteiger charge is 2.50. The molecule has 2 rings (SSSR count). The number of benzene rings is 1. The summed E-state index contributed by atoms with van der Waals surface area (Å²) in [5, 5.41) is 3.51. The van der Waals surface area contributed by atoms with Crippen molar-refractivity contribution in [1.82, 2.24) is 5.32 Å². The lowest BCUT2D eigenvalue weighted by Gasteiger charge is -2.21. The molecule has 1 fully saturated rings. The normalized spacial score (nSPS) is 22.8. The van der Waals surface area contributed by atoms with E-state index in [0.29, 0.717) is 15.8 Å². The Labute approximate surface area is 117 Å². The van der Waals surface area contributed by atoms with Gasteiger partial charge in [0.1, 0.15) is 5.82 Å². The molecule has 0 aliphatic heterocycles. The van der Waals surface area contributed by atoms with E-state index in [1.807, 2.05) is 12.1 Å². The molecule has 2 atom stereocenters. The average Bonchev–Trinajstić information content (AvgIpc) is 2.94. The fourth-order valence-corrected chi connectivity index (χ4v) is 2.99. The summed E-state index contributed by atoms with van der Waals surface area (Å²) < 4.78 is 14.8. The van der Waals surface area contributed by atoms with Crippen molar-refractivity contribution in [2.45, 2.75) is 39.7 Å². The molecule has 0 saturated heterocycles. The van der Waals surface area contributed by atoms with Crippen LogP contribution in [0.25, 0.3) is 0 Å². The van der Waals surface area contributed by atoms with E-state index in [9.17, 15) is 4.39 Å². The first-order valence-corrected chi connectivity index (χ1v) is 7.44. The van der Waals surface area contributed by atoms with Gasteiger partial charge in [-0.15, -0.1) is 0 Å². The van der Waals surface area contributed by atoms with Crippen LogP contribution in [-0.4, -0.2) is 6.54 Å². The largest absolute Gasteiger partial charge is 0.310 e. The van der Waals surface area contributed by atoms with Crippen LogP contribution in [0.2, 0.25) is 0 Å². The summed E-state index contributed by atoms with van der Waals surface area (Å²) in [6.07, 6.45) is 2.24. The molecule has 1 N–H and O–H groups in total. The fourth-order valence-electron chi connectivity index (χ4n) is 2.61. The third-order valence-corrected chi connectivity index (χ3v) is 4.54. The second-order valence-electron chi connectivity index (χ2n) is 5.87. The minimum Gasteiger partial charge on any atom is -0.310 e. The highest BCUT2D eigenvalue weighted by atomic mass is 79.9. The molecule has 3 heteroatoms. The molecular formula is C15H21BrFN. The maximum Gasteiger partial charge on any atom is 0.142 e. The van der Waals surface area contributed by atoms with Crippen molar-refractivity contribution in [1.29, 1.82) is 0 Å². The van der Waals surface area contributed by atoms with Gasteiger partial charge >= 0.3 is 0 Å². The van der Waals surface area contributed by atoms with Crippen LogP contribution in [0.5, 0.6) is 0 Å². The van der Waals surface area contributed by atoms with Gasteiger partial charge in [-0.05, 0) is 52.7 Å². The third kappa shape index (κ3) is 2.77. The highest BCUT2D eigenvalue weighted by molar-refractivity contribution is 9.10. The SMILES string of the molecule is CCCNC(c1cccc(Br)c1F)C1CC1(C)C. The molecule has 1 aromatic rings. The first-order chi connectivity index (χ1) is 8.47. The number of halogens is 2. The molecule has 0 heterocycles. The molecule has 0 aromatic heterocycles. The Balaban J connectivity index is 2.26. The summed E-state index contributed by atoms with van der Waals surface area (Å²) in [6, 6.07) is 5.71. The van der Waals surface area contributed by atoms with Crippen molar-refractivity contribution in [2.24, 2.45) is 11.3 Å². The van der Waals surface area contributed by atoms with Crippen LogP contribution < -0.4 is 5.32 Å². The summed E-state index contributed by atoms with van der Waals surface area (Å²) >= 11 is 3.28. The lowest BCUT2D eigenvalue weighted by Crippen LogP contribution is -2.26. The van der Waals surface area contributed by atoms with E-state index in [2.05, 4.69) is 42.0 Å². The van der Waals surface area contributed by atoms with E-state index in [1.54, 1.807) is 6.07 Å². The molecular weight excluding hydrogens is 293 g/mol. The molecule has 1 saturated carbocycles. The van der Waals surface area contributed by atoms with Gasteiger partial charge in [0.25, 0.3) is 0 Å². The summed E-state index contributed by atoms with van der Waals surface area (Å²) in [5.74, 6) is 0.418. The van der Waals surface area contributed by atoms with Crippen LogP contribution >= 0.6 is 15.9 Å². The Kier molecular flexibility index (Phi) is 4.12. The van der Waals surface area contributed by atoms with E-state index < -0.39 is 0 Å². The topological polar surface area (TPSA) is 12.0 Å². The molecule has 1 aliphatic carbocycles. The standard InChI is InChI=1S/C15H21BrFN/c1-4-8-18-14(11-9-15(11,2)3)10-6-5-7-12(16)13(10)17/h5-7,11,14,18H,4,8-9H2,1-3H3. The third-order valence-electron chi connectivity index (χ3n) is 3.92. The maximum atomic E-state index is 14.2. The molecule has 0 spiro atoms. The van der Waals surface area contributed by atoms with Crippen LogP contribution in [0.3, 0.4) is 0 Å². The van der Waals surface area contributed by atoms with E-state index in [0.717, 1.165) is 18.5 Å². The summed E-state index contributed by atoms with van der Waals surface area (Å²) in [4.78, 5) is 0. The van der Waals surface area contributed by atoms with Crippen LogP contribution in [0.1, 0.15) is 45.2 Å². The second kappa shape index (κ2) is 5.30. The lowest BCUT2D eigenvalue weighted by molar-refractivity contribution is 0.402. The summed E-state index contributed by atoms with van der Waals surface area (Å²) in [5.41, 5.74) is 1.13. The zero-order valence-electron chi connectivity index (χ0n) is 11.3. The number of nitrogens with one attached hydrogen (secondary N) is 1. The molecule has 1 aliphatic rings. The van der Waals surface area contributed by atoms with E-state index in [-0.39, 0.29) is 11.9 Å². The Bertz CT molecular complexity index is 431. The molecule has 0 bridgehead atoms. The van der Waals surface area contributed by atoms with E-state index >= 15 is 0 Å². The molecule has 0 amide bonds. The van der Waals surface area contributed by atoms with Gasteiger partial charge in [-0.3, -0.25) is 0 Å². The summed E-state index contributed by atoms with van der Waals surface area (Å²) in [7, 11) is 0. The lowest BCUT2D eigenvalue weighted by atomic mass is 9.96. The minimum absolute atomic E-state index is 0.117. The van der Waals surface area contributed by atoms with Gasteiger partial charge in [0.2, 0.25) is 0 Å². The number of hydrogen-bond donors (Lipinski definition) is 1. The smallest absolute Gasteiger partial charge is 0.142 e. The predicted octanol–water partition coefficient (Wildman–Crippen LogP) is 4.68. The van der Waals surface area contributed by atoms with Crippen molar-refractivity contribution < 1.29 is 4.39 Å². The zero-order chi connectivity index (χ0) is 13.3. The number of hydrogen-bond acceptors (Lipinski definition) is 1. The first-order valence-electron chi connectivity index (χ1n) is 6.64.